The number of halogens is 2. The number of hydrogen-bond donors (Lipinski definition) is 2. The van der Waals surface area contributed by atoms with Crippen LogP contribution in [-0.4, -0.2) is 32.2 Å². The van der Waals surface area contributed by atoms with E-state index in [9.17, 15) is 4.79 Å². The van der Waals surface area contributed by atoms with Gasteiger partial charge >= 0.3 is 5.97 Å². The number of methoxy groups -OCH3 is 1. The number of anilines is 1. The molecule has 0 amide bonds. The van der Waals surface area contributed by atoms with E-state index < -0.39 is 0 Å². The maximum atomic E-state index is 11.6. The zero-order valence-electron chi connectivity index (χ0n) is 16.3. The first kappa shape index (κ1) is 20.5. The third-order valence-corrected chi connectivity index (χ3v) is 6.60. The van der Waals surface area contributed by atoms with Gasteiger partial charge in [0.15, 0.2) is 0 Å². The number of rotatable bonds is 4. The van der Waals surface area contributed by atoms with Crippen molar-refractivity contribution in [3.05, 3.63) is 63.6 Å². The van der Waals surface area contributed by atoms with E-state index in [-0.39, 0.29) is 12.0 Å². The quantitative estimate of drug-likeness (QED) is 0.689. The Hall–Kier alpha value is -1.79. The standard InChI is InChI=1S/C22H25Cl2N3O2/c1-29-22(28)15-2-5-17(6-3-15)27-10-8-14(9-11-27)20-13-21(26-25-20)18-7-4-16(23)12-19(18)24/h2-7,12,14,20-21,25-26H,8-11,13H2,1H3. The summed E-state index contributed by atoms with van der Waals surface area (Å²) in [7, 11) is 1.40. The summed E-state index contributed by atoms with van der Waals surface area (Å²) < 4.78 is 4.77. The number of ether oxygens (including phenoxy) is 1. The Morgan fingerprint density at radius 1 is 1.07 bits per heavy atom. The lowest BCUT2D eigenvalue weighted by Crippen LogP contribution is -2.42. The van der Waals surface area contributed by atoms with Crippen molar-refractivity contribution in [2.45, 2.75) is 31.3 Å². The van der Waals surface area contributed by atoms with Crippen LogP contribution in [0.25, 0.3) is 0 Å². The Morgan fingerprint density at radius 2 is 1.79 bits per heavy atom. The SMILES string of the molecule is COC(=O)c1ccc(N2CCC(C3CC(c4ccc(Cl)cc4Cl)NN3)CC2)cc1. The molecule has 2 aromatic rings. The fourth-order valence-electron chi connectivity index (χ4n) is 4.36. The van der Waals surface area contributed by atoms with Crippen LogP contribution < -0.4 is 15.8 Å². The van der Waals surface area contributed by atoms with Gasteiger partial charge in [-0.15, -0.1) is 0 Å². The topological polar surface area (TPSA) is 53.6 Å². The highest BCUT2D eigenvalue weighted by Gasteiger charge is 2.34. The van der Waals surface area contributed by atoms with E-state index in [0.29, 0.717) is 27.6 Å². The molecule has 4 rings (SSSR count). The summed E-state index contributed by atoms with van der Waals surface area (Å²) in [5.41, 5.74) is 9.72. The molecule has 0 aromatic heterocycles. The monoisotopic (exact) mass is 433 g/mol. The molecule has 0 radical (unpaired) electrons. The number of carbonyl (C=O) groups is 1. The number of nitrogens with zero attached hydrogens (tertiary/aromatic N) is 1. The van der Waals surface area contributed by atoms with Crippen molar-refractivity contribution in [1.82, 2.24) is 10.9 Å². The fourth-order valence-corrected chi connectivity index (χ4v) is 4.90. The van der Waals surface area contributed by atoms with E-state index in [1.807, 2.05) is 36.4 Å². The van der Waals surface area contributed by atoms with Crippen LogP contribution >= 0.6 is 23.2 Å². The van der Waals surface area contributed by atoms with Gasteiger partial charge in [-0.25, -0.2) is 10.2 Å². The molecule has 2 aromatic carbocycles. The van der Waals surface area contributed by atoms with Crippen LogP contribution in [0.2, 0.25) is 10.0 Å². The minimum Gasteiger partial charge on any atom is -0.465 e. The molecule has 7 heteroatoms. The van der Waals surface area contributed by atoms with Gasteiger partial charge in [-0.3, -0.25) is 5.43 Å². The first-order chi connectivity index (χ1) is 14.0. The van der Waals surface area contributed by atoms with Gasteiger partial charge in [0.2, 0.25) is 0 Å². The molecule has 0 spiro atoms. The molecule has 2 aliphatic heterocycles. The second-order valence-corrected chi connectivity index (χ2v) is 8.56. The number of esters is 1. The van der Waals surface area contributed by atoms with Gasteiger partial charge in [-0.2, -0.15) is 0 Å². The molecule has 29 heavy (non-hydrogen) atoms. The first-order valence-electron chi connectivity index (χ1n) is 9.94. The Kier molecular flexibility index (Phi) is 6.30. The summed E-state index contributed by atoms with van der Waals surface area (Å²) in [6, 6.07) is 14.0. The van der Waals surface area contributed by atoms with Crippen LogP contribution in [0.5, 0.6) is 0 Å². The molecule has 2 saturated heterocycles. The summed E-state index contributed by atoms with van der Waals surface area (Å²) in [6.45, 7) is 2.01. The number of carbonyl (C=O) groups excluding carboxylic acids is 1. The van der Waals surface area contributed by atoms with Gasteiger partial charge in [-0.05, 0) is 67.1 Å². The number of hydrazine groups is 1. The largest absolute Gasteiger partial charge is 0.465 e. The van der Waals surface area contributed by atoms with Gasteiger partial charge < -0.3 is 9.64 Å². The maximum Gasteiger partial charge on any atom is 0.337 e. The first-order valence-corrected chi connectivity index (χ1v) is 10.7. The molecule has 0 aliphatic carbocycles. The van der Waals surface area contributed by atoms with Crippen LogP contribution in [-0.2, 0) is 4.74 Å². The van der Waals surface area contributed by atoms with E-state index >= 15 is 0 Å². The summed E-state index contributed by atoms with van der Waals surface area (Å²) in [5.74, 6) is 0.314. The lowest BCUT2D eigenvalue weighted by Gasteiger charge is -2.36. The van der Waals surface area contributed by atoms with E-state index in [1.54, 1.807) is 6.07 Å². The molecular formula is C22H25Cl2N3O2. The molecule has 0 saturated carbocycles. The summed E-state index contributed by atoms with van der Waals surface area (Å²) in [4.78, 5) is 14.0. The average Bonchev–Trinajstić information content (AvgIpc) is 3.23. The molecule has 0 bridgehead atoms. The van der Waals surface area contributed by atoms with E-state index in [0.717, 1.165) is 43.6 Å². The highest BCUT2D eigenvalue weighted by Crippen LogP contribution is 2.35. The average molecular weight is 434 g/mol. The number of hydrogen-bond acceptors (Lipinski definition) is 5. The summed E-state index contributed by atoms with van der Waals surface area (Å²) in [6.07, 6.45) is 3.26. The lowest BCUT2D eigenvalue weighted by molar-refractivity contribution is 0.0601. The number of nitrogens with one attached hydrogen (secondary N) is 2. The van der Waals surface area contributed by atoms with Gasteiger partial charge in [-0.1, -0.05) is 29.3 Å². The van der Waals surface area contributed by atoms with Crippen molar-refractivity contribution in [2.75, 3.05) is 25.1 Å². The molecule has 154 valence electrons. The fraction of sp³-hybridized carbons (Fsp3) is 0.409. The zero-order chi connectivity index (χ0) is 20.4. The predicted octanol–water partition coefficient (Wildman–Crippen LogP) is 4.60. The molecule has 2 atom stereocenters. The second-order valence-electron chi connectivity index (χ2n) is 7.71. The van der Waals surface area contributed by atoms with Crippen LogP contribution in [0.3, 0.4) is 0 Å². The van der Waals surface area contributed by atoms with Gasteiger partial charge in [0.05, 0.1) is 12.7 Å². The Morgan fingerprint density at radius 3 is 2.45 bits per heavy atom. The van der Waals surface area contributed by atoms with Crippen molar-refractivity contribution in [3.63, 3.8) is 0 Å². The molecule has 2 fully saturated rings. The van der Waals surface area contributed by atoms with Crippen LogP contribution in [0.4, 0.5) is 5.69 Å². The molecule has 2 unspecified atom stereocenters. The summed E-state index contributed by atoms with van der Waals surface area (Å²) in [5, 5.41) is 1.37. The minimum atomic E-state index is -0.301. The van der Waals surface area contributed by atoms with Crippen LogP contribution in [0.15, 0.2) is 42.5 Å². The van der Waals surface area contributed by atoms with Crippen LogP contribution in [0.1, 0.15) is 41.2 Å². The van der Waals surface area contributed by atoms with Gasteiger partial charge in [0, 0.05) is 40.9 Å². The third-order valence-electron chi connectivity index (χ3n) is 6.03. The highest BCUT2D eigenvalue weighted by atomic mass is 35.5. The van der Waals surface area contributed by atoms with Crippen LogP contribution in [0, 0.1) is 5.92 Å². The van der Waals surface area contributed by atoms with Gasteiger partial charge in [0.25, 0.3) is 0 Å². The predicted molar refractivity (Wildman–Crippen MR) is 117 cm³/mol. The smallest absolute Gasteiger partial charge is 0.337 e. The molecule has 2 heterocycles. The zero-order valence-corrected chi connectivity index (χ0v) is 17.8. The van der Waals surface area contributed by atoms with Gasteiger partial charge in [0.1, 0.15) is 0 Å². The third kappa shape index (κ3) is 4.53. The van der Waals surface area contributed by atoms with Crippen molar-refractivity contribution < 1.29 is 9.53 Å². The van der Waals surface area contributed by atoms with E-state index in [4.69, 9.17) is 27.9 Å². The highest BCUT2D eigenvalue weighted by molar-refractivity contribution is 6.35. The Balaban J connectivity index is 1.32. The van der Waals surface area contributed by atoms with Crippen molar-refractivity contribution in [3.8, 4) is 0 Å². The number of benzene rings is 2. The summed E-state index contributed by atoms with van der Waals surface area (Å²) >= 11 is 12.4. The minimum absolute atomic E-state index is 0.202. The molecular weight excluding hydrogens is 409 g/mol. The van der Waals surface area contributed by atoms with Crippen molar-refractivity contribution in [1.29, 1.82) is 0 Å². The van der Waals surface area contributed by atoms with E-state index in [1.165, 1.54) is 7.11 Å². The molecule has 2 aliphatic rings. The second kappa shape index (κ2) is 8.92. The van der Waals surface area contributed by atoms with Crippen molar-refractivity contribution >= 4 is 34.9 Å². The Labute approximate surface area is 181 Å². The lowest BCUT2D eigenvalue weighted by atomic mass is 9.86. The molecule has 2 N–H and O–H groups in total. The van der Waals surface area contributed by atoms with E-state index in [2.05, 4.69) is 15.8 Å². The van der Waals surface area contributed by atoms with Crippen molar-refractivity contribution in [2.24, 2.45) is 5.92 Å². The molecule has 5 nitrogen and oxygen atoms in total. The Bertz CT molecular complexity index is 867. The normalized spacial score (nSPS) is 22.7. The maximum absolute atomic E-state index is 11.6. The number of piperidine rings is 1.